The number of hydrogen-bond donors (Lipinski definition) is 2. The number of hydrogen-bond acceptors (Lipinski definition) is 5. The summed E-state index contributed by atoms with van der Waals surface area (Å²) in [6.07, 6.45) is 1.31. The molecule has 5 nitrogen and oxygen atoms in total. The van der Waals surface area contributed by atoms with Crippen LogP contribution in [0.4, 0.5) is 0 Å². The number of phenolic OH excluding ortho intramolecular Hbond substituents is 2. The Balaban J connectivity index is 2.20. The predicted octanol–water partition coefficient (Wildman–Crippen LogP) is 4.61. The van der Waals surface area contributed by atoms with E-state index in [2.05, 4.69) is 0 Å². The molecule has 0 amide bonds. The molecule has 0 spiro atoms. The zero-order valence-electron chi connectivity index (χ0n) is 15.1. The summed E-state index contributed by atoms with van der Waals surface area (Å²) in [4.78, 5) is 12.5. The highest BCUT2D eigenvalue weighted by Crippen LogP contribution is 2.34. The van der Waals surface area contributed by atoms with Crippen LogP contribution in [0.15, 0.2) is 45.6 Å². The zero-order chi connectivity index (χ0) is 18.8. The molecule has 0 aliphatic carbocycles. The minimum Gasteiger partial charge on any atom is -0.508 e. The highest BCUT2D eigenvalue weighted by Gasteiger charge is 2.15. The van der Waals surface area contributed by atoms with E-state index in [0.29, 0.717) is 40.0 Å². The Bertz CT molecular complexity index is 1000. The highest BCUT2D eigenvalue weighted by atomic mass is 16.5. The van der Waals surface area contributed by atoms with Crippen LogP contribution in [0.5, 0.6) is 17.2 Å². The van der Waals surface area contributed by atoms with Crippen LogP contribution in [0.2, 0.25) is 0 Å². The zero-order valence-corrected chi connectivity index (χ0v) is 15.1. The molecule has 3 rings (SSSR count). The van der Waals surface area contributed by atoms with Crippen molar-refractivity contribution >= 4 is 11.0 Å². The normalized spacial score (nSPS) is 11.2. The van der Waals surface area contributed by atoms with Crippen molar-refractivity contribution in [3.8, 4) is 28.6 Å². The molecule has 0 bridgehead atoms. The molecule has 0 saturated heterocycles. The van der Waals surface area contributed by atoms with Crippen molar-refractivity contribution < 1.29 is 19.4 Å². The van der Waals surface area contributed by atoms with Crippen LogP contribution in [0.3, 0.4) is 0 Å². The van der Waals surface area contributed by atoms with Gasteiger partial charge in [-0.1, -0.05) is 13.3 Å². The summed E-state index contributed by atoms with van der Waals surface area (Å²) in [6.45, 7) is 5.72. The molecule has 5 heteroatoms. The van der Waals surface area contributed by atoms with Crippen LogP contribution in [0, 0.1) is 0 Å². The lowest BCUT2D eigenvalue weighted by molar-refractivity contribution is 0.232. The second-order valence-electron chi connectivity index (χ2n) is 6.51. The quantitative estimate of drug-likeness (QED) is 0.699. The summed E-state index contributed by atoms with van der Waals surface area (Å²) in [5.74, 6) is 0.827. The van der Waals surface area contributed by atoms with Crippen molar-refractivity contribution in [1.29, 1.82) is 0 Å². The van der Waals surface area contributed by atoms with Gasteiger partial charge in [-0.25, -0.2) is 0 Å². The molecule has 0 radical (unpaired) electrons. The molecule has 0 aliphatic heterocycles. The average molecular weight is 354 g/mol. The molecule has 1 heterocycles. The first-order valence-electron chi connectivity index (χ1n) is 8.69. The number of aromatic hydroxyl groups is 2. The second kappa shape index (κ2) is 7.12. The van der Waals surface area contributed by atoms with Gasteiger partial charge in [-0.05, 0) is 50.6 Å². The molecule has 0 unspecified atom stereocenters. The molecule has 3 aromatic rings. The number of aryl methyl sites for hydroxylation is 1. The van der Waals surface area contributed by atoms with Crippen LogP contribution < -0.4 is 10.2 Å². The van der Waals surface area contributed by atoms with E-state index in [4.69, 9.17) is 9.15 Å². The molecular formula is C21H22O5. The van der Waals surface area contributed by atoms with Crippen molar-refractivity contribution in [1.82, 2.24) is 0 Å². The van der Waals surface area contributed by atoms with Crippen LogP contribution in [0.1, 0.15) is 32.8 Å². The van der Waals surface area contributed by atoms with E-state index >= 15 is 0 Å². The first-order valence-corrected chi connectivity index (χ1v) is 8.69. The van der Waals surface area contributed by atoms with Gasteiger partial charge in [0.25, 0.3) is 0 Å². The summed E-state index contributed by atoms with van der Waals surface area (Å²) in [7, 11) is 0. The smallest absolute Gasteiger partial charge is 0.193 e. The number of fused-ring (bicyclic) bond motifs is 1. The van der Waals surface area contributed by atoms with Gasteiger partial charge in [0.1, 0.15) is 17.1 Å². The fourth-order valence-electron chi connectivity index (χ4n) is 2.91. The van der Waals surface area contributed by atoms with E-state index in [-0.39, 0.29) is 23.0 Å². The lowest BCUT2D eigenvalue weighted by Gasteiger charge is -2.13. The van der Waals surface area contributed by atoms with E-state index in [0.717, 1.165) is 6.42 Å². The van der Waals surface area contributed by atoms with Gasteiger partial charge in [0, 0.05) is 17.2 Å². The maximum absolute atomic E-state index is 12.5. The van der Waals surface area contributed by atoms with E-state index < -0.39 is 0 Å². The van der Waals surface area contributed by atoms with Crippen molar-refractivity contribution in [2.24, 2.45) is 0 Å². The molecule has 2 N–H and O–H groups in total. The number of phenols is 2. The monoisotopic (exact) mass is 354 g/mol. The third-order valence-corrected chi connectivity index (χ3v) is 4.08. The molecule has 2 aromatic carbocycles. The molecule has 26 heavy (non-hydrogen) atoms. The van der Waals surface area contributed by atoms with Crippen LogP contribution in [-0.2, 0) is 6.42 Å². The van der Waals surface area contributed by atoms with Gasteiger partial charge in [-0.3, -0.25) is 4.79 Å². The van der Waals surface area contributed by atoms with Gasteiger partial charge >= 0.3 is 0 Å². The van der Waals surface area contributed by atoms with Crippen molar-refractivity contribution in [2.75, 3.05) is 0 Å². The Labute approximate surface area is 151 Å². The largest absolute Gasteiger partial charge is 0.508 e. The SMILES string of the molecule is CCCc1c(O)ccc2c(=O)cc(-c3ccc(O)c(OC(C)C)c3)oc12. The predicted molar refractivity (Wildman–Crippen MR) is 101 cm³/mol. The first-order chi connectivity index (χ1) is 12.4. The summed E-state index contributed by atoms with van der Waals surface area (Å²) in [6, 6.07) is 9.33. The Morgan fingerprint density at radius 2 is 1.81 bits per heavy atom. The lowest BCUT2D eigenvalue weighted by atomic mass is 10.0. The standard InChI is InChI=1S/C21H22O5/c1-4-5-14-16(22)9-7-15-18(24)11-19(26-21(14)15)13-6-8-17(23)20(10-13)25-12(2)3/h6-12,22-23H,4-5H2,1-3H3. The van der Waals surface area contributed by atoms with Gasteiger partial charge in [0.2, 0.25) is 0 Å². The minimum atomic E-state index is -0.182. The maximum atomic E-state index is 12.5. The van der Waals surface area contributed by atoms with Gasteiger partial charge in [0.15, 0.2) is 16.9 Å². The van der Waals surface area contributed by atoms with E-state index in [1.807, 2.05) is 20.8 Å². The fraction of sp³-hybridized carbons (Fsp3) is 0.286. The van der Waals surface area contributed by atoms with E-state index in [1.54, 1.807) is 18.2 Å². The molecule has 0 atom stereocenters. The minimum absolute atomic E-state index is 0.0231. The van der Waals surface area contributed by atoms with Crippen molar-refractivity contribution in [3.05, 3.63) is 52.2 Å². The third-order valence-electron chi connectivity index (χ3n) is 4.08. The van der Waals surface area contributed by atoms with Crippen LogP contribution in [-0.4, -0.2) is 16.3 Å². The van der Waals surface area contributed by atoms with Crippen LogP contribution >= 0.6 is 0 Å². The molecule has 0 aliphatic rings. The topological polar surface area (TPSA) is 79.9 Å². The number of ether oxygens (including phenoxy) is 1. The Morgan fingerprint density at radius 3 is 2.50 bits per heavy atom. The average Bonchev–Trinajstić information content (AvgIpc) is 2.59. The Hall–Kier alpha value is -2.95. The molecular weight excluding hydrogens is 332 g/mol. The van der Waals surface area contributed by atoms with Gasteiger partial charge in [-0.15, -0.1) is 0 Å². The van der Waals surface area contributed by atoms with Crippen LogP contribution in [0.25, 0.3) is 22.3 Å². The summed E-state index contributed by atoms with van der Waals surface area (Å²) < 4.78 is 11.6. The van der Waals surface area contributed by atoms with Crippen molar-refractivity contribution in [2.45, 2.75) is 39.7 Å². The number of benzene rings is 2. The van der Waals surface area contributed by atoms with Crippen molar-refractivity contribution in [3.63, 3.8) is 0 Å². The molecule has 1 aromatic heterocycles. The second-order valence-corrected chi connectivity index (χ2v) is 6.51. The molecule has 0 fully saturated rings. The third kappa shape index (κ3) is 3.38. The summed E-state index contributed by atoms with van der Waals surface area (Å²) in [5.41, 5.74) is 1.45. The number of rotatable bonds is 5. The maximum Gasteiger partial charge on any atom is 0.193 e. The molecule has 136 valence electrons. The Kier molecular flexibility index (Phi) is 4.89. The van der Waals surface area contributed by atoms with E-state index in [1.165, 1.54) is 18.2 Å². The van der Waals surface area contributed by atoms with Gasteiger partial charge in [0.05, 0.1) is 11.5 Å². The van der Waals surface area contributed by atoms with Gasteiger partial charge in [-0.2, -0.15) is 0 Å². The first kappa shape index (κ1) is 17.9. The molecule has 0 saturated carbocycles. The summed E-state index contributed by atoms with van der Waals surface area (Å²) >= 11 is 0. The fourth-order valence-corrected chi connectivity index (χ4v) is 2.91. The summed E-state index contributed by atoms with van der Waals surface area (Å²) in [5, 5.41) is 20.6. The lowest BCUT2D eigenvalue weighted by Crippen LogP contribution is -2.06. The Morgan fingerprint density at radius 1 is 1.08 bits per heavy atom. The van der Waals surface area contributed by atoms with E-state index in [9.17, 15) is 15.0 Å². The van der Waals surface area contributed by atoms with Gasteiger partial charge < -0.3 is 19.4 Å². The highest BCUT2D eigenvalue weighted by molar-refractivity contribution is 5.83.